The van der Waals surface area contributed by atoms with Crippen LogP contribution in [-0.4, -0.2) is 45.9 Å². The molecule has 10 heteroatoms. The first-order chi connectivity index (χ1) is 17.9. The fraction of sp³-hybridized carbons (Fsp3) is 0.148. The van der Waals surface area contributed by atoms with Crippen molar-refractivity contribution in [1.82, 2.24) is 9.97 Å². The molecular weight excluding hydrogens is 494 g/mol. The molecule has 1 unspecified atom stereocenters. The molecule has 0 aliphatic carbocycles. The van der Waals surface area contributed by atoms with Crippen molar-refractivity contribution in [2.24, 2.45) is 0 Å². The Balaban J connectivity index is 1.84. The molecular formula is C27H23N3O6S. The Bertz CT molecular complexity index is 1400. The van der Waals surface area contributed by atoms with E-state index in [0.717, 1.165) is 11.3 Å². The highest BCUT2D eigenvalue weighted by Gasteiger charge is 2.48. The maximum Gasteiger partial charge on any atom is 0.350 e. The van der Waals surface area contributed by atoms with E-state index in [9.17, 15) is 19.5 Å². The molecule has 0 saturated carbocycles. The predicted octanol–water partition coefficient (Wildman–Crippen LogP) is 4.38. The molecule has 1 aliphatic rings. The van der Waals surface area contributed by atoms with Gasteiger partial charge in [0.25, 0.3) is 5.78 Å². The van der Waals surface area contributed by atoms with Gasteiger partial charge in [-0.15, -0.1) is 0 Å². The monoisotopic (exact) mass is 517 g/mol. The summed E-state index contributed by atoms with van der Waals surface area (Å²) >= 11 is 0.926. The molecule has 0 radical (unpaired) electrons. The van der Waals surface area contributed by atoms with Gasteiger partial charge in [-0.05, 0) is 36.8 Å². The summed E-state index contributed by atoms with van der Waals surface area (Å²) in [5.41, 5.74) is 1.09. The highest BCUT2D eigenvalue weighted by atomic mass is 32.1. The van der Waals surface area contributed by atoms with Gasteiger partial charge in [0, 0.05) is 18.0 Å². The van der Waals surface area contributed by atoms with Crippen LogP contribution >= 0.6 is 11.3 Å². The first kappa shape index (κ1) is 25.5. The van der Waals surface area contributed by atoms with Gasteiger partial charge in [-0.25, -0.2) is 9.78 Å². The van der Waals surface area contributed by atoms with Gasteiger partial charge in [0.1, 0.15) is 29.6 Å². The summed E-state index contributed by atoms with van der Waals surface area (Å²) in [6.45, 7) is 9.08. The van der Waals surface area contributed by atoms with Gasteiger partial charge >= 0.3 is 11.9 Å². The van der Waals surface area contributed by atoms with Gasteiger partial charge in [0.15, 0.2) is 5.13 Å². The molecule has 1 N–H and O–H groups in total. The molecule has 37 heavy (non-hydrogen) atoms. The summed E-state index contributed by atoms with van der Waals surface area (Å²) < 4.78 is 10.7. The fourth-order valence-corrected chi connectivity index (χ4v) is 4.77. The van der Waals surface area contributed by atoms with Crippen molar-refractivity contribution in [2.75, 3.05) is 18.1 Å². The first-order valence-corrected chi connectivity index (χ1v) is 12.0. The highest BCUT2D eigenvalue weighted by Crippen LogP contribution is 2.44. The summed E-state index contributed by atoms with van der Waals surface area (Å²) in [6, 6.07) is 8.83. The Kier molecular flexibility index (Phi) is 7.59. The molecule has 3 heterocycles. The molecule has 188 valence electrons. The lowest BCUT2D eigenvalue weighted by Gasteiger charge is -2.23. The maximum absolute atomic E-state index is 13.3. The van der Waals surface area contributed by atoms with E-state index >= 15 is 0 Å². The van der Waals surface area contributed by atoms with E-state index in [1.807, 2.05) is 0 Å². The molecule has 9 nitrogen and oxygen atoms in total. The summed E-state index contributed by atoms with van der Waals surface area (Å²) in [5, 5.41) is 11.3. The Morgan fingerprint density at radius 2 is 1.78 bits per heavy atom. The number of Topliss-reactive ketones (excluding diaryl/α,β-unsaturated/α-hetero) is 1. The van der Waals surface area contributed by atoms with Crippen LogP contribution in [0.15, 0.2) is 79.7 Å². The van der Waals surface area contributed by atoms with Crippen LogP contribution in [0.5, 0.6) is 5.75 Å². The Morgan fingerprint density at radius 3 is 2.43 bits per heavy atom. The number of hydrogen-bond donors (Lipinski definition) is 1. The summed E-state index contributed by atoms with van der Waals surface area (Å²) in [6.07, 6.45) is 5.99. The number of pyridine rings is 1. The number of esters is 1. The molecule has 1 atom stereocenters. The van der Waals surface area contributed by atoms with E-state index < -0.39 is 23.7 Å². The van der Waals surface area contributed by atoms with E-state index in [1.54, 1.807) is 37.3 Å². The van der Waals surface area contributed by atoms with Crippen LogP contribution in [0.4, 0.5) is 5.13 Å². The fourth-order valence-electron chi connectivity index (χ4n) is 3.79. The van der Waals surface area contributed by atoms with E-state index in [4.69, 9.17) is 9.47 Å². The summed E-state index contributed by atoms with van der Waals surface area (Å²) in [4.78, 5) is 48.8. The van der Waals surface area contributed by atoms with Crippen LogP contribution in [0.1, 0.15) is 32.5 Å². The molecule has 3 aromatic rings. The Morgan fingerprint density at radius 1 is 1.11 bits per heavy atom. The Labute approximate surface area is 217 Å². The van der Waals surface area contributed by atoms with Crippen molar-refractivity contribution in [3.63, 3.8) is 0 Å². The third-order valence-electron chi connectivity index (χ3n) is 5.47. The molecule has 1 saturated heterocycles. The second kappa shape index (κ2) is 11.0. The molecule has 1 fully saturated rings. The largest absolute Gasteiger partial charge is 0.507 e. The number of carbonyl (C=O) groups excluding carboxylic acids is 3. The van der Waals surface area contributed by atoms with E-state index in [-0.39, 0.29) is 27.9 Å². The lowest BCUT2D eigenvalue weighted by molar-refractivity contribution is -0.132. The van der Waals surface area contributed by atoms with Gasteiger partial charge in [-0.1, -0.05) is 48.8 Å². The van der Waals surface area contributed by atoms with Crippen LogP contribution in [0.2, 0.25) is 0 Å². The quantitative estimate of drug-likeness (QED) is 0.146. The minimum Gasteiger partial charge on any atom is -0.507 e. The molecule has 0 spiro atoms. The Hall–Kier alpha value is -4.57. The molecule has 0 bridgehead atoms. The van der Waals surface area contributed by atoms with Crippen LogP contribution < -0.4 is 9.64 Å². The van der Waals surface area contributed by atoms with Gasteiger partial charge in [-0.2, -0.15) is 0 Å². The number of aryl methyl sites for hydroxylation is 1. The van der Waals surface area contributed by atoms with Crippen LogP contribution in [0.3, 0.4) is 0 Å². The number of aromatic nitrogens is 2. The average molecular weight is 518 g/mol. The SMILES string of the molecule is C=CCOC(=O)c1sc(N2C(=O)C(=O)/C(=C(/O)c3ccncc3)C2c2ccc(OCC=C)cc2)nc1C. The van der Waals surface area contributed by atoms with Crippen LogP contribution in [-0.2, 0) is 14.3 Å². The number of carbonyl (C=O) groups is 3. The van der Waals surface area contributed by atoms with Crippen molar-refractivity contribution in [1.29, 1.82) is 0 Å². The van der Waals surface area contributed by atoms with Gasteiger partial charge in [0.05, 0.1) is 17.3 Å². The molecule has 1 aliphatic heterocycles. The number of hydrogen-bond acceptors (Lipinski definition) is 9. The zero-order valence-electron chi connectivity index (χ0n) is 19.9. The van der Waals surface area contributed by atoms with E-state index in [0.29, 0.717) is 29.2 Å². The minimum absolute atomic E-state index is 0.0161. The number of rotatable bonds is 9. The molecule has 1 amide bonds. The smallest absolute Gasteiger partial charge is 0.350 e. The highest BCUT2D eigenvalue weighted by molar-refractivity contribution is 7.17. The van der Waals surface area contributed by atoms with Crippen molar-refractivity contribution in [3.8, 4) is 5.75 Å². The maximum atomic E-state index is 13.3. The standard InChI is InChI=1S/C27H23N3O6S/c1-4-14-35-19-8-6-17(7-9-19)21-20(22(31)18-10-12-28-13-11-18)23(32)25(33)30(21)27-29-16(3)24(37-27)26(34)36-15-5-2/h4-13,21,31H,1-2,14-15H2,3H3/b22-20+. The van der Waals surface area contributed by atoms with Gasteiger partial charge in [-0.3, -0.25) is 19.5 Å². The number of thiazole rings is 1. The molecule has 4 rings (SSSR count). The number of amides is 1. The van der Waals surface area contributed by atoms with Crippen molar-refractivity contribution >= 4 is 39.9 Å². The number of benzene rings is 1. The van der Waals surface area contributed by atoms with E-state index in [1.165, 1.54) is 35.5 Å². The average Bonchev–Trinajstić information content (AvgIpc) is 3.43. The lowest BCUT2D eigenvalue weighted by Crippen LogP contribution is -2.29. The zero-order valence-corrected chi connectivity index (χ0v) is 20.7. The van der Waals surface area contributed by atoms with Crippen LogP contribution in [0, 0.1) is 6.92 Å². The zero-order chi connectivity index (χ0) is 26.5. The number of aliphatic hydroxyl groups excluding tert-OH is 1. The number of aliphatic hydroxyl groups is 1. The minimum atomic E-state index is -1.01. The number of nitrogens with zero attached hydrogens (tertiary/aromatic N) is 3. The summed E-state index contributed by atoms with van der Waals surface area (Å²) in [7, 11) is 0. The lowest BCUT2D eigenvalue weighted by atomic mass is 9.95. The first-order valence-electron chi connectivity index (χ1n) is 11.2. The van der Waals surface area contributed by atoms with Crippen molar-refractivity contribution in [2.45, 2.75) is 13.0 Å². The predicted molar refractivity (Wildman–Crippen MR) is 138 cm³/mol. The van der Waals surface area contributed by atoms with Gasteiger partial charge in [0.2, 0.25) is 0 Å². The van der Waals surface area contributed by atoms with E-state index in [2.05, 4.69) is 23.1 Å². The second-order valence-corrected chi connectivity index (χ2v) is 8.85. The third kappa shape index (κ3) is 5.05. The topological polar surface area (TPSA) is 119 Å². The van der Waals surface area contributed by atoms with Crippen molar-refractivity contribution in [3.05, 3.63) is 101 Å². The third-order valence-corrected chi connectivity index (χ3v) is 6.61. The van der Waals surface area contributed by atoms with Crippen LogP contribution in [0.25, 0.3) is 5.76 Å². The van der Waals surface area contributed by atoms with Gasteiger partial charge < -0.3 is 14.6 Å². The number of ketones is 1. The molecule has 1 aromatic carbocycles. The molecule has 2 aromatic heterocycles. The normalized spacial score (nSPS) is 16.5. The summed E-state index contributed by atoms with van der Waals surface area (Å²) in [5.74, 6) is -2.16. The number of anilines is 1. The van der Waals surface area contributed by atoms with Crippen molar-refractivity contribution < 1.29 is 29.0 Å². The second-order valence-electron chi connectivity index (χ2n) is 7.87. The number of ether oxygens (including phenoxy) is 2.